The second-order valence-electron chi connectivity index (χ2n) is 6.22. The van der Waals surface area contributed by atoms with E-state index in [1.54, 1.807) is 17.5 Å². The van der Waals surface area contributed by atoms with Gasteiger partial charge in [0.05, 0.1) is 18.3 Å². The molecule has 0 aromatic carbocycles. The molecule has 0 bridgehead atoms. The van der Waals surface area contributed by atoms with E-state index in [9.17, 15) is 0 Å². The Hall–Kier alpha value is -2.32. The molecule has 4 rings (SSSR count). The smallest absolute Gasteiger partial charge is 0.229 e. The van der Waals surface area contributed by atoms with Crippen molar-refractivity contribution in [3.8, 4) is 0 Å². The Balaban J connectivity index is 1.53. The molecule has 0 unspecified atom stereocenters. The van der Waals surface area contributed by atoms with Crippen molar-refractivity contribution >= 4 is 22.4 Å². The molecule has 1 aliphatic heterocycles. The maximum Gasteiger partial charge on any atom is 0.229 e. The van der Waals surface area contributed by atoms with Crippen LogP contribution in [0.5, 0.6) is 0 Å². The van der Waals surface area contributed by atoms with Crippen molar-refractivity contribution in [1.29, 1.82) is 0 Å². The fourth-order valence-corrected chi connectivity index (χ4v) is 3.88. The van der Waals surface area contributed by atoms with Crippen LogP contribution in [0.15, 0.2) is 30.9 Å². The largest absolute Gasteiger partial charge is 0.348 e. The van der Waals surface area contributed by atoms with Crippen molar-refractivity contribution < 1.29 is 0 Å². The summed E-state index contributed by atoms with van der Waals surface area (Å²) in [4.78, 5) is 24.6. The summed E-state index contributed by atoms with van der Waals surface area (Å²) in [6, 6.07) is 2.31. The topological polar surface area (TPSA) is 82.6 Å². The Morgan fingerprint density at radius 2 is 2.24 bits per heavy atom. The molecule has 2 N–H and O–H groups in total. The molecule has 130 valence electrons. The van der Waals surface area contributed by atoms with Gasteiger partial charge in [-0.3, -0.25) is 4.90 Å². The van der Waals surface area contributed by atoms with E-state index in [-0.39, 0.29) is 0 Å². The van der Waals surface area contributed by atoms with Crippen molar-refractivity contribution in [3.63, 3.8) is 0 Å². The molecule has 8 heteroatoms. The number of nitrogens with one attached hydrogen (secondary N) is 2. The van der Waals surface area contributed by atoms with Crippen LogP contribution in [0.2, 0.25) is 0 Å². The minimum Gasteiger partial charge on any atom is -0.348 e. The predicted molar refractivity (Wildman–Crippen MR) is 97.8 cm³/mol. The van der Waals surface area contributed by atoms with Gasteiger partial charge in [0.1, 0.15) is 5.82 Å². The molecule has 1 saturated heterocycles. The molecule has 7 nitrogen and oxygen atoms in total. The molecular weight excluding hydrogens is 334 g/mol. The van der Waals surface area contributed by atoms with Crippen molar-refractivity contribution in [3.05, 3.63) is 47.2 Å². The number of hydrogen-bond donors (Lipinski definition) is 2. The minimum absolute atomic E-state index is 0.292. The summed E-state index contributed by atoms with van der Waals surface area (Å²) < 4.78 is 0. The number of H-pyrrole nitrogens is 1. The van der Waals surface area contributed by atoms with E-state index in [1.165, 1.54) is 12.8 Å². The number of aromatic nitrogens is 5. The van der Waals surface area contributed by atoms with Crippen LogP contribution in [0.4, 0.5) is 11.1 Å². The van der Waals surface area contributed by atoms with E-state index in [2.05, 4.69) is 30.2 Å². The first-order valence-electron chi connectivity index (χ1n) is 8.52. The van der Waals surface area contributed by atoms with Gasteiger partial charge < -0.3 is 10.3 Å². The predicted octanol–water partition coefficient (Wildman–Crippen LogP) is 3.44. The Bertz CT molecular complexity index is 814. The highest BCUT2D eigenvalue weighted by Gasteiger charge is 2.26. The lowest BCUT2D eigenvalue weighted by Gasteiger charge is -2.34. The third-order valence-corrected chi connectivity index (χ3v) is 5.21. The van der Waals surface area contributed by atoms with Crippen molar-refractivity contribution in [2.75, 3.05) is 11.9 Å². The molecule has 0 amide bonds. The second kappa shape index (κ2) is 7.28. The maximum absolute atomic E-state index is 4.75. The zero-order valence-corrected chi connectivity index (χ0v) is 15.0. The Kier molecular flexibility index (Phi) is 4.71. The molecule has 3 aromatic heterocycles. The number of aryl methyl sites for hydroxylation is 1. The van der Waals surface area contributed by atoms with Crippen LogP contribution >= 0.6 is 11.3 Å². The lowest BCUT2D eigenvalue weighted by molar-refractivity contribution is 0.134. The average molecular weight is 355 g/mol. The zero-order valence-electron chi connectivity index (χ0n) is 14.1. The summed E-state index contributed by atoms with van der Waals surface area (Å²) >= 11 is 1.60. The van der Waals surface area contributed by atoms with E-state index in [0.29, 0.717) is 12.0 Å². The van der Waals surface area contributed by atoms with Gasteiger partial charge in [-0.05, 0) is 32.4 Å². The quantitative estimate of drug-likeness (QED) is 0.729. The zero-order chi connectivity index (χ0) is 17.1. The lowest BCUT2D eigenvalue weighted by atomic mass is 9.99. The van der Waals surface area contributed by atoms with Crippen LogP contribution < -0.4 is 5.32 Å². The van der Waals surface area contributed by atoms with Crippen LogP contribution in [0.1, 0.15) is 41.7 Å². The Morgan fingerprint density at radius 3 is 3.04 bits per heavy atom. The average Bonchev–Trinajstić information content (AvgIpc) is 3.27. The molecule has 3 aromatic rings. The van der Waals surface area contributed by atoms with Gasteiger partial charge in [-0.2, -0.15) is 0 Å². The highest BCUT2D eigenvalue weighted by Crippen LogP contribution is 2.31. The SMILES string of the molecule is Cc1cnc(Nc2nccc([C@@H]3CCCCN3Cc3ncc[nH]3)n2)s1. The minimum atomic E-state index is 0.292. The number of piperidine rings is 1. The summed E-state index contributed by atoms with van der Waals surface area (Å²) in [7, 11) is 0. The van der Waals surface area contributed by atoms with E-state index in [4.69, 9.17) is 4.98 Å². The van der Waals surface area contributed by atoms with Gasteiger partial charge in [-0.15, -0.1) is 11.3 Å². The van der Waals surface area contributed by atoms with Crippen LogP contribution in [0.25, 0.3) is 0 Å². The van der Waals surface area contributed by atoms with Gasteiger partial charge in [-0.1, -0.05) is 6.42 Å². The van der Waals surface area contributed by atoms with Gasteiger partial charge in [0.15, 0.2) is 5.13 Å². The lowest BCUT2D eigenvalue weighted by Crippen LogP contribution is -2.33. The summed E-state index contributed by atoms with van der Waals surface area (Å²) in [5.74, 6) is 1.60. The Labute approximate surface area is 150 Å². The molecule has 1 atom stereocenters. The van der Waals surface area contributed by atoms with E-state index >= 15 is 0 Å². The first-order valence-corrected chi connectivity index (χ1v) is 9.34. The van der Waals surface area contributed by atoms with Crippen LogP contribution in [-0.4, -0.2) is 36.4 Å². The summed E-state index contributed by atoms with van der Waals surface area (Å²) in [5, 5.41) is 4.04. The Morgan fingerprint density at radius 1 is 1.28 bits per heavy atom. The highest BCUT2D eigenvalue weighted by molar-refractivity contribution is 7.15. The molecule has 0 aliphatic carbocycles. The fourth-order valence-electron chi connectivity index (χ4n) is 3.22. The molecule has 25 heavy (non-hydrogen) atoms. The second-order valence-corrected chi connectivity index (χ2v) is 7.46. The van der Waals surface area contributed by atoms with Crippen molar-refractivity contribution in [2.45, 2.75) is 38.8 Å². The molecule has 0 radical (unpaired) electrons. The highest BCUT2D eigenvalue weighted by atomic mass is 32.1. The standard InChI is InChI=1S/C17H21N7S/c1-12-10-21-17(25-12)23-16-20-6-5-13(22-16)14-4-2-3-9-24(14)11-15-18-7-8-19-15/h5-8,10,14H,2-4,9,11H2,1H3,(H,18,19)(H,20,21,22,23)/t14-/m0/s1. The van der Waals surface area contributed by atoms with Crippen LogP contribution in [0, 0.1) is 6.92 Å². The fraction of sp³-hybridized carbons (Fsp3) is 0.412. The third-order valence-electron chi connectivity index (χ3n) is 4.38. The number of nitrogens with zero attached hydrogens (tertiary/aromatic N) is 5. The van der Waals surface area contributed by atoms with Gasteiger partial charge in [0.2, 0.25) is 5.95 Å². The van der Waals surface area contributed by atoms with Gasteiger partial charge >= 0.3 is 0 Å². The van der Waals surface area contributed by atoms with Gasteiger partial charge in [-0.25, -0.2) is 19.9 Å². The molecule has 1 fully saturated rings. The van der Waals surface area contributed by atoms with E-state index < -0.39 is 0 Å². The van der Waals surface area contributed by atoms with E-state index in [1.807, 2.05) is 31.6 Å². The number of aromatic amines is 1. The molecule has 0 spiro atoms. The summed E-state index contributed by atoms with van der Waals surface area (Å²) in [6.07, 6.45) is 10.9. The summed E-state index contributed by atoms with van der Waals surface area (Å²) in [5.41, 5.74) is 1.05. The van der Waals surface area contributed by atoms with Crippen molar-refractivity contribution in [1.82, 2.24) is 29.8 Å². The first kappa shape index (κ1) is 16.2. The maximum atomic E-state index is 4.75. The summed E-state index contributed by atoms with van der Waals surface area (Å²) in [6.45, 7) is 3.91. The van der Waals surface area contributed by atoms with E-state index in [0.717, 1.165) is 41.0 Å². The monoisotopic (exact) mass is 355 g/mol. The van der Waals surface area contributed by atoms with Gasteiger partial charge in [0.25, 0.3) is 0 Å². The van der Waals surface area contributed by atoms with Crippen LogP contribution in [0.3, 0.4) is 0 Å². The first-order chi connectivity index (χ1) is 12.3. The number of thiazole rings is 1. The number of rotatable bonds is 5. The molecule has 1 aliphatic rings. The third kappa shape index (κ3) is 3.85. The van der Waals surface area contributed by atoms with Gasteiger partial charge in [0, 0.05) is 29.7 Å². The molecular formula is C17H21N7S. The number of hydrogen-bond acceptors (Lipinski definition) is 7. The number of likely N-dealkylation sites (tertiary alicyclic amines) is 1. The normalized spacial score (nSPS) is 18.4. The van der Waals surface area contributed by atoms with Crippen molar-refractivity contribution in [2.24, 2.45) is 0 Å². The number of imidazole rings is 1. The molecule has 4 heterocycles. The number of anilines is 2. The molecule has 0 saturated carbocycles. The van der Waals surface area contributed by atoms with Crippen LogP contribution in [-0.2, 0) is 6.54 Å².